The van der Waals surface area contributed by atoms with Crippen molar-refractivity contribution >= 4 is 23.5 Å². The number of nitrogens with zero attached hydrogens (tertiary/aromatic N) is 1. The van der Waals surface area contributed by atoms with E-state index in [-0.39, 0.29) is 17.9 Å². The number of amides is 2. The lowest BCUT2D eigenvalue weighted by molar-refractivity contribution is -0.192. The lowest BCUT2D eigenvalue weighted by atomic mass is 9.88. The zero-order chi connectivity index (χ0) is 28.4. The smallest absolute Gasteiger partial charge is 0.475 e. The minimum absolute atomic E-state index is 0.104. The zero-order valence-corrected chi connectivity index (χ0v) is 21.5. The van der Waals surface area contributed by atoms with E-state index >= 15 is 0 Å². The van der Waals surface area contributed by atoms with Crippen molar-refractivity contribution in [1.29, 1.82) is 0 Å². The second kappa shape index (κ2) is 14.1. The summed E-state index contributed by atoms with van der Waals surface area (Å²) in [6.07, 6.45) is 3.76. The van der Waals surface area contributed by atoms with Gasteiger partial charge in [0.05, 0.1) is 0 Å². The van der Waals surface area contributed by atoms with Gasteiger partial charge in [0.1, 0.15) is 5.82 Å². The van der Waals surface area contributed by atoms with Gasteiger partial charge >= 0.3 is 12.1 Å². The molecule has 2 aromatic rings. The molecule has 11 heteroatoms. The van der Waals surface area contributed by atoms with E-state index in [2.05, 4.69) is 15.5 Å². The van der Waals surface area contributed by atoms with E-state index in [1.54, 1.807) is 36.4 Å². The summed E-state index contributed by atoms with van der Waals surface area (Å²) < 4.78 is 45.0. The minimum atomic E-state index is -5.08. The highest BCUT2D eigenvalue weighted by atomic mass is 19.4. The number of carboxylic acids is 1. The number of hydrogen-bond acceptors (Lipinski definition) is 4. The number of rotatable bonds is 6. The Kier molecular flexibility index (Phi) is 10.8. The highest BCUT2D eigenvalue weighted by molar-refractivity contribution is 6.05. The highest BCUT2D eigenvalue weighted by Crippen LogP contribution is 2.25. The number of alkyl halides is 3. The Bertz CT molecular complexity index is 1110. The first-order chi connectivity index (χ1) is 18.5. The number of benzene rings is 2. The Morgan fingerprint density at radius 1 is 0.872 bits per heavy atom. The van der Waals surface area contributed by atoms with Crippen LogP contribution in [0.4, 0.5) is 23.2 Å². The molecule has 0 spiro atoms. The van der Waals surface area contributed by atoms with Crippen LogP contribution >= 0.6 is 0 Å². The summed E-state index contributed by atoms with van der Waals surface area (Å²) in [5, 5.41) is 12.9. The van der Waals surface area contributed by atoms with Crippen molar-refractivity contribution in [2.75, 3.05) is 25.0 Å². The molecule has 1 heterocycles. The van der Waals surface area contributed by atoms with Crippen LogP contribution in [-0.2, 0) is 4.79 Å². The second-order valence-electron chi connectivity index (χ2n) is 9.90. The highest BCUT2D eigenvalue weighted by Gasteiger charge is 2.38. The van der Waals surface area contributed by atoms with E-state index in [0.29, 0.717) is 16.8 Å². The molecule has 4 rings (SSSR count). The predicted octanol–water partition coefficient (Wildman–Crippen LogP) is 5.49. The monoisotopic (exact) mass is 551 g/mol. The molecule has 212 valence electrons. The number of nitrogens with one attached hydrogen (secondary N) is 2. The Hall–Kier alpha value is -3.47. The average molecular weight is 552 g/mol. The van der Waals surface area contributed by atoms with Gasteiger partial charge < -0.3 is 20.6 Å². The number of carbonyl (C=O) groups is 3. The summed E-state index contributed by atoms with van der Waals surface area (Å²) in [6.45, 7) is 3.29. The summed E-state index contributed by atoms with van der Waals surface area (Å²) in [5.74, 6) is -2.76. The summed E-state index contributed by atoms with van der Waals surface area (Å²) in [4.78, 5) is 36.5. The first kappa shape index (κ1) is 30.1. The lowest BCUT2D eigenvalue weighted by Crippen LogP contribution is -2.45. The van der Waals surface area contributed by atoms with Gasteiger partial charge in [-0.3, -0.25) is 9.59 Å². The van der Waals surface area contributed by atoms with E-state index in [0.717, 1.165) is 31.8 Å². The van der Waals surface area contributed by atoms with E-state index in [1.165, 1.54) is 50.8 Å². The SMILES string of the molecule is O=C(Nc1cccc(F)c1)c1ccc(C(=O)NC2CCN(CC3CCCCC3)CC2)cc1.O=C(O)C(F)(F)F. The number of aliphatic carboxylic acids is 1. The number of piperidine rings is 1. The fraction of sp³-hybridized carbons (Fsp3) is 0.464. The minimum Gasteiger partial charge on any atom is -0.475 e. The molecule has 1 aliphatic carbocycles. The summed E-state index contributed by atoms with van der Waals surface area (Å²) in [5.41, 5.74) is 1.35. The number of carboxylic acid groups (broad SMARTS) is 1. The molecular formula is C28H33F4N3O4. The van der Waals surface area contributed by atoms with Crippen LogP contribution in [0, 0.1) is 11.7 Å². The predicted molar refractivity (Wildman–Crippen MR) is 138 cm³/mol. The van der Waals surface area contributed by atoms with Gasteiger partial charge in [-0.2, -0.15) is 13.2 Å². The van der Waals surface area contributed by atoms with Crippen LogP contribution in [0.3, 0.4) is 0 Å². The number of anilines is 1. The molecule has 7 nitrogen and oxygen atoms in total. The largest absolute Gasteiger partial charge is 0.490 e. The fourth-order valence-corrected chi connectivity index (χ4v) is 4.81. The van der Waals surface area contributed by atoms with Crippen LogP contribution in [0.25, 0.3) is 0 Å². The van der Waals surface area contributed by atoms with Crippen molar-refractivity contribution in [3.05, 3.63) is 65.5 Å². The van der Waals surface area contributed by atoms with Crippen molar-refractivity contribution in [2.45, 2.75) is 57.2 Å². The molecule has 2 aromatic carbocycles. The molecule has 0 bridgehead atoms. The quantitative estimate of drug-likeness (QED) is 0.413. The molecule has 2 amide bonds. The van der Waals surface area contributed by atoms with Crippen LogP contribution in [0.15, 0.2) is 48.5 Å². The van der Waals surface area contributed by atoms with E-state index in [9.17, 15) is 27.2 Å². The Morgan fingerprint density at radius 3 is 1.97 bits per heavy atom. The maximum Gasteiger partial charge on any atom is 0.490 e. The van der Waals surface area contributed by atoms with Crippen molar-refractivity contribution in [1.82, 2.24) is 10.2 Å². The van der Waals surface area contributed by atoms with Gasteiger partial charge in [0.25, 0.3) is 11.8 Å². The lowest BCUT2D eigenvalue weighted by Gasteiger charge is -2.35. The average Bonchev–Trinajstić information content (AvgIpc) is 2.90. The van der Waals surface area contributed by atoms with Crippen LogP contribution in [0.5, 0.6) is 0 Å². The van der Waals surface area contributed by atoms with Crippen molar-refractivity contribution in [2.24, 2.45) is 5.92 Å². The van der Waals surface area contributed by atoms with Gasteiger partial charge in [-0.05, 0) is 74.1 Å². The van der Waals surface area contributed by atoms with Crippen LogP contribution in [0.2, 0.25) is 0 Å². The van der Waals surface area contributed by atoms with Crippen LogP contribution in [0.1, 0.15) is 65.7 Å². The van der Waals surface area contributed by atoms with Gasteiger partial charge in [0.2, 0.25) is 0 Å². The summed E-state index contributed by atoms with van der Waals surface area (Å²) in [6, 6.07) is 12.5. The molecule has 0 atom stereocenters. The first-order valence-corrected chi connectivity index (χ1v) is 13.0. The van der Waals surface area contributed by atoms with Crippen molar-refractivity contribution in [3.63, 3.8) is 0 Å². The molecular weight excluding hydrogens is 518 g/mol. The van der Waals surface area contributed by atoms with Crippen molar-refractivity contribution in [3.8, 4) is 0 Å². The third kappa shape index (κ3) is 9.97. The first-order valence-electron chi connectivity index (χ1n) is 13.0. The fourth-order valence-electron chi connectivity index (χ4n) is 4.81. The van der Waals surface area contributed by atoms with E-state index in [1.807, 2.05) is 0 Å². The van der Waals surface area contributed by atoms with E-state index in [4.69, 9.17) is 9.90 Å². The van der Waals surface area contributed by atoms with E-state index < -0.39 is 18.0 Å². The molecule has 3 N–H and O–H groups in total. The molecule has 2 fully saturated rings. The van der Waals surface area contributed by atoms with Gasteiger partial charge in [-0.15, -0.1) is 0 Å². The van der Waals surface area contributed by atoms with Gasteiger partial charge in [-0.1, -0.05) is 25.3 Å². The number of carbonyl (C=O) groups excluding carboxylic acids is 2. The van der Waals surface area contributed by atoms with Gasteiger partial charge in [-0.25, -0.2) is 9.18 Å². The maximum atomic E-state index is 13.3. The number of hydrogen-bond donors (Lipinski definition) is 3. The number of likely N-dealkylation sites (tertiary alicyclic amines) is 1. The molecule has 0 unspecified atom stereocenters. The van der Waals surface area contributed by atoms with Crippen LogP contribution < -0.4 is 10.6 Å². The standard InChI is InChI=1S/C26H32FN3O2.C2HF3O2/c27-22-7-4-8-24(17-22)29-26(32)21-11-9-20(10-12-21)25(31)28-23-13-15-30(16-14-23)18-19-5-2-1-3-6-19;3-2(4,5)1(6)7/h4,7-12,17,19,23H,1-3,5-6,13-16,18H2,(H,28,31)(H,29,32);(H,6,7). The summed E-state index contributed by atoms with van der Waals surface area (Å²) in [7, 11) is 0. The molecule has 39 heavy (non-hydrogen) atoms. The molecule has 2 aliphatic rings. The van der Waals surface area contributed by atoms with Gasteiger partial charge in [0, 0.05) is 42.5 Å². The molecule has 0 radical (unpaired) electrons. The molecule has 0 aromatic heterocycles. The summed E-state index contributed by atoms with van der Waals surface area (Å²) >= 11 is 0. The van der Waals surface area contributed by atoms with Crippen molar-refractivity contribution < 1.29 is 37.1 Å². The topological polar surface area (TPSA) is 98.7 Å². The Morgan fingerprint density at radius 2 is 1.44 bits per heavy atom. The Labute approximate surface area is 224 Å². The van der Waals surface area contributed by atoms with Gasteiger partial charge in [0.15, 0.2) is 0 Å². The normalized spacial score (nSPS) is 17.0. The third-order valence-corrected chi connectivity index (χ3v) is 6.90. The van der Waals surface area contributed by atoms with Crippen LogP contribution in [-0.4, -0.2) is 59.6 Å². The second-order valence-corrected chi connectivity index (χ2v) is 9.90. The Balaban J connectivity index is 0.000000532. The molecule has 1 aliphatic heterocycles. The number of halogens is 4. The molecule has 1 saturated carbocycles. The maximum absolute atomic E-state index is 13.3. The third-order valence-electron chi connectivity index (χ3n) is 6.90. The molecule has 1 saturated heterocycles. The zero-order valence-electron chi connectivity index (χ0n) is 21.5.